The molecule has 2 unspecified atom stereocenters. The summed E-state index contributed by atoms with van der Waals surface area (Å²) in [4.78, 5) is 16.3. The molecule has 1 heterocycles. The lowest BCUT2D eigenvalue weighted by molar-refractivity contribution is -0.121. The predicted molar refractivity (Wildman–Crippen MR) is 77.4 cm³/mol. The van der Waals surface area contributed by atoms with Gasteiger partial charge in [-0.2, -0.15) is 0 Å². The van der Waals surface area contributed by atoms with Crippen LogP contribution in [-0.2, 0) is 11.3 Å². The number of carbonyl (C=O) groups excluding carboxylic acids is 1. The molecule has 6 heteroatoms. The standard InChI is InChI=1S/C16H17F2N3O/c17-16(18)11-5-10(6-12(11)16)7-19-15(22)8-21-9-20-13-3-1-2-4-14(13)21/h1-4,9-12H,5-8H2,(H,19,22). The number of rotatable bonds is 4. The summed E-state index contributed by atoms with van der Waals surface area (Å²) in [6.45, 7) is 0.699. The van der Waals surface area contributed by atoms with Gasteiger partial charge in [-0.3, -0.25) is 4.79 Å². The lowest BCUT2D eigenvalue weighted by atomic mass is 10.0. The minimum Gasteiger partial charge on any atom is -0.354 e. The molecular weight excluding hydrogens is 288 g/mol. The van der Waals surface area contributed by atoms with Crippen LogP contribution in [0.1, 0.15) is 12.8 Å². The molecule has 0 radical (unpaired) electrons. The van der Waals surface area contributed by atoms with Crippen molar-refractivity contribution in [2.24, 2.45) is 17.8 Å². The summed E-state index contributed by atoms with van der Waals surface area (Å²) in [6.07, 6.45) is 2.72. The van der Waals surface area contributed by atoms with E-state index >= 15 is 0 Å². The fourth-order valence-corrected chi connectivity index (χ4v) is 3.69. The van der Waals surface area contributed by atoms with E-state index in [1.54, 1.807) is 10.9 Å². The number of benzene rings is 1. The van der Waals surface area contributed by atoms with Crippen LogP contribution >= 0.6 is 0 Å². The first-order valence-corrected chi connectivity index (χ1v) is 7.60. The number of amides is 1. The quantitative estimate of drug-likeness (QED) is 0.943. The zero-order valence-electron chi connectivity index (χ0n) is 12.0. The van der Waals surface area contributed by atoms with Gasteiger partial charge in [-0.1, -0.05) is 12.1 Å². The molecule has 1 N–H and O–H groups in total. The largest absolute Gasteiger partial charge is 0.354 e. The normalized spacial score (nSPS) is 28.5. The molecule has 1 aromatic carbocycles. The molecule has 2 aliphatic carbocycles. The highest BCUT2D eigenvalue weighted by Gasteiger charge is 2.71. The van der Waals surface area contributed by atoms with E-state index in [4.69, 9.17) is 0 Å². The second kappa shape index (κ2) is 4.76. The van der Waals surface area contributed by atoms with Gasteiger partial charge in [0.25, 0.3) is 5.92 Å². The van der Waals surface area contributed by atoms with Crippen LogP contribution in [0.5, 0.6) is 0 Å². The maximum Gasteiger partial charge on any atom is 0.254 e. The minimum atomic E-state index is -2.43. The van der Waals surface area contributed by atoms with Crippen molar-refractivity contribution in [1.29, 1.82) is 0 Å². The molecule has 2 saturated carbocycles. The molecule has 4 rings (SSSR count). The van der Waals surface area contributed by atoms with Crippen LogP contribution in [0.3, 0.4) is 0 Å². The van der Waals surface area contributed by atoms with Crippen LogP contribution in [0, 0.1) is 17.8 Å². The van der Waals surface area contributed by atoms with E-state index in [9.17, 15) is 13.6 Å². The number of fused-ring (bicyclic) bond motifs is 2. The Balaban J connectivity index is 1.30. The van der Waals surface area contributed by atoms with Crippen molar-refractivity contribution in [3.63, 3.8) is 0 Å². The van der Waals surface area contributed by atoms with Crippen molar-refractivity contribution >= 4 is 16.9 Å². The third-order valence-electron chi connectivity index (χ3n) is 4.97. The van der Waals surface area contributed by atoms with E-state index in [1.807, 2.05) is 24.3 Å². The van der Waals surface area contributed by atoms with E-state index in [-0.39, 0.29) is 18.4 Å². The Labute approximate surface area is 126 Å². The molecule has 0 saturated heterocycles. The number of imidazole rings is 1. The summed E-state index contributed by atoms with van der Waals surface area (Å²) in [5.74, 6) is -3.22. The van der Waals surface area contributed by atoms with Crippen molar-refractivity contribution < 1.29 is 13.6 Å². The van der Waals surface area contributed by atoms with E-state index in [0.717, 1.165) is 11.0 Å². The highest BCUT2D eigenvalue weighted by molar-refractivity contribution is 5.80. The van der Waals surface area contributed by atoms with Crippen LogP contribution in [0.4, 0.5) is 8.78 Å². The van der Waals surface area contributed by atoms with Crippen molar-refractivity contribution in [2.75, 3.05) is 6.54 Å². The number of carbonyl (C=O) groups is 1. The van der Waals surface area contributed by atoms with Crippen molar-refractivity contribution in [3.05, 3.63) is 30.6 Å². The van der Waals surface area contributed by atoms with E-state index < -0.39 is 17.8 Å². The SMILES string of the molecule is O=C(Cn1cnc2ccccc21)NCC1CC2C(C1)C2(F)F. The van der Waals surface area contributed by atoms with Crippen molar-refractivity contribution in [3.8, 4) is 0 Å². The lowest BCUT2D eigenvalue weighted by Crippen LogP contribution is -2.32. The number of halogens is 2. The average molecular weight is 305 g/mol. The van der Waals surface area contributed by atoms with Crippen LogP contribution in [0.2, 0.25) is 0 Å². The number of hydrogen-bond donors (Lipinski definition) is 1. The van der Waals surface area contributed by atoms with Gasteiger partial charge in [0, 0.05) is 18.4 Å². The van der Waals surface area contributed by atoms with Crippen LogP contribution in [0.15, 0.2) is 30.6 Å². The third kappa shape index (κ3) is 2.17. The van der Waals surface area contributed by atoms with Gasteiger partial charge in [0.1, 0.15) is 6.54 Å². The van der Waals surface area contributed by atoms with Gasteiger partial charge < -0.3 is 9.88 Å². The number of aromatic nitrogens is 2. The van der Waals surface area contributed by atoms with Gasteiger partial charge in [-0.15, -0.1) is 0 Å². The molecule has 0 bridgehead atoms. The summed E-state index contributed by atoms with van der Waals surface area (Å²) in [6, 6.07) is 7.63. The molecule has 2 atom stereocenters. The van der Waals surface area contributed by atoms with E-state index in [2.05, 4.69) is 10.3 Å². The maximum absolute atomic E-state index is 13.1. The summed E-state index contributed by atoms with van der Waals surface area (Å²) >= 11 is 0. The molecule has 2 aliphatic rings. The Morgan fingerprint density at radius 3 is 2.82 bits per heavy atom. The van der Waals surface area contributed by atoms with Gasteiger partial charge in [-0.25, -0.2) is 13.8 Å². The molecule has 4 nitrogen and oxygen atoms in total. The average Bonchev–Trinajstić information content (AvgIpc) is 2.94. The Kier molecular flexibility index (Phi) is 2.96. The molecule has 22 heavy (non-hydrogen) atoms. The summed E-state index contributed by atoms with van der Waals surface area (Å²) in [7, 11) is 0. The zero-order valence-corrected chi connectivity index (χ0v) is 12.0. The first kappa shape index (κ1) is 13.7. The van der Waals surface area contributed by atoms with Crippen molar-refractivity contribution in [2.45, 2.75) is 25.3 Å². The Bertz CT molecular complexity index is 713. The molecule has 2 aromatic rings. The third-order valence-corrected chi connectivity index (χ3v) is 4.97. The van der Waals surface area contributed by atoms with Gasteiger partial charge >= 0.3 is 0 Å². The van der Waals surface area contributed by atoms with E-state index in [0.29, 0.717) is 19.4 Å². The van der Waals surface area contributed by atoms with Crippen LogP contribution in [-0.4, -0.2) is 27.9 Å². The molecule has 0 spiro atoms. The van der Waals surface area contributed by atoms with Gasteiger partial charge in [0.05, 0.1) is 17.4 Å². The first-order chi connectivity index (χ1) is 10.6. The Morgan fingerprint density at radius 2 is 2.05 bits per heavy atom. The number of nitrogens with zero attached hydrogens (tertiary/aromatic N) is 2. The summed E-state index contributed by atoms with van der Waals surface area (Å²) in [5.41, 5.74) is 1.77. The van der Waals surface area contributed by atoms with Gasteiger partial charge in [0.2, 0.25) is 5.91 Å². The molecule has 1 amide bonds. The monoisotopic (exact) mass is 305 g/mol. The molecule has 0 aliphatic heterocycles. The number of hydrogen-bond acceptors (Lipinski definition) is 2. The summed E-state index contributed by atoms with van der Waals surface area (Å²) in [5, 5.41) is 2.86. The first-order valence-electron chi connectivity index (χ1n) is 7.60. The maximum atomic E-state index is 13.1. The zero-order chi connectivity index (χ0) is 15.3. The highest BCUT2D eigenvalue weighted by atomic mass is 19.3. The van der Waals surface area contributed by atoms with E-state index in [1.165, 1.54) is 0 Å². The topological polar surface area (TPSA) is 46.9 Å². The molecule has 116 valence electrons. The number of nitrogens with one attached hydrogen (secondary N) is 1. The Hall–Kier alpha value is -1.98. The van der Waals surface area contributed by atoms with Crippen LogP contribution < -0.4 is 5.32 Å². The second-order valence-corrected chi connectivity index (χ2v) is 6.39. The van der Waals surface area contributed by atoms with Crippen molar-refractivity contribution in [1.82, 2.24) is 14.9 Å². The predicted octanol–water partition coefficient (Wildman–Crippen LogP) is 2.44. The van der Waals surface area contributed by atoms with Crippen LogP contribution in [0.25, 0.3) is 11.0 Å². The molecule has 2 fully saturated rings. The Morgan fingerprint density at radius 1 is 1.32 bits per heavy atom. The molecule has 1 aromatic heterocycles. The van der Waals surface area contributed by atoms with Gasteiger partial charge in [-0.05, 0) is 30.9 Å². The number of para-hydroxylation sites is 2. The fraction of sp³-hybridized carbons (Fsp3) is 0.500. The minimum absolute atomic E-state index is 0.101. The number of alkyl halides is 2. The lowest BCUT2D eigenvalue weighted by Gasteiger charge is -2.15. The highest BCUT2D eigenvalue weighted by Crippen LogP contribution is 2.65. The second-order valence-electron chi connectivity index (χ2n) is 6.39. The summed E-state index contributed by atoms with van der Waals surface area (Å²) < 4.78 is 28.0. The molecular formula is C16H17F2N3O. The fourth-order valence-electron chi connectivity index (χ4n) is 3.69. The van der Waals surface area contributed by atoms with Gasteiger partial charge in [0.15, 0.2) is 0 Å². The smallest absolute Gasteiger partial charge is 0.254 e.